The van der Waals surface area contributed by atoms with Gasteiger partial charge < -0.3 is 19.9 Å². The Bertz CT molecular complexity index is 1180. The van der Waals surface area contributed by atoms with E-state index >= 15 is 0 Å². The Morgan fingerprint density at radius 2 is 1.78 bits per heavy atom. The zero-order chi connectivity index (χ0) is 23.3. The first-order valence-corrected chi connectivity index (χ1v) is 10.6. The maximum atomic E-state index is 13.8. The van der Waals surface area contributed by atoms with Crippen molar-refractivity contribution in [2.24, 2.45) is 0 Å². The lowest BCUT2D eigenvalue weighted by Crippen LogP contribution is -2.32. The van der Waals surface area contributed by atoms with Crippen LogP contribution in [0.5, 0.6) is 5.75 Å². The van der Waals surface area contributed by atoms with Gasteiger partial charge >= 0.3 is 6.03 Å². The maximum Gasteiger partial charge on any atom is 0.314 e. The highest BCUT2D eigenvalue weighted by Crippen LogP contribution is 2.24. The van der Waals surface area contributed by atoms with Crippen molar-refractivity contribution in [3.05, 3.63) is 97.4 Å². The SMILES string of the molecule is CNC(=O)NCc1ccc(Cn2c(C)cc(OCc3ccc(F)cc3F)c(Br)c2=O)cc1. The first-order chi connectivity index (χ1) is 15.3. The number of benzene rings is 2. The number of ether oxygens (including phenoxy) is 1. The molecule has 1 aromatic heterocycles. The summed E-state index contributed by atoms with van der Waals surface area (Å²) < 4.78 is 34.3. The van der Waals surface area contributed by atoms with Crippen molar-refractivity contribution < 1.29 is 18.3 Å². The van der Waals surface area contributed by atoms with E-state index in [2.05, 4.69) is 26.6 Å². The van der Waals surface area contributed by atoms with Gasteiger partial charge in [0.1, 0.15) is 28.5 Å². The van der Waals surface area contributed by atoms with E-state index in [1.54, 1.807) is 24.6 Å². The molecule has 2 amide bonds. The molecular formula is C23H22BrF2N3O3. The number of carbonyl (C=O) groups is 1. The highest BCUT2D eigenvalue weighted by Gasteiger charge is 2.14. The molecule has 6 nitrogen and oxygen atoms in total. The van der Waals surface area contributed by atoms with E-state index in [1.165, 1.54) is 6.07 Å². The van der Waals surface area contributed by atoms with E-state index in [1.807, 2.05) is 24.3 Å². The van der Waals surface area contributed by atoms with Crippen LogP contribution in [0.1, 0.15) is 22.4 Å². The van der Waals surface area contributed by atoms with Crippen molar-refractivity contribution in [1.29, 1.82) is 0 Å². The molecule has 0 saturated heterocycles. The Labute approximate surface area is 192 Å². The van der Waals surface area contributed by atoms with Crippen molar-refractivity contribution in [3.8, 4) is 5.75 Å². The number of hydrogen-bond donors (Lipinski definition) is 2. The summed E-state index contributed by atoms with van der Waals surface area (Å²) in [6, 6.07) is 12.2. The van der Waals surface area contributed by atoms with Gasteiger partial charge in [-0.15, -0.1) is 0 Å². The highest BCUT2D eigenvalue weighted by molar-refractivity contribution is 9.10. The standard InChI is InChI=1S/C23H22BrF2N3O3/c1-14-9-20(32-13-17-7-8-18(25)10-19(17)26)21(24)22(30)29(14)12-16-5-3-15(4-6-16)11-28-23(31)27-2/h3-10H,11-13H2,1-2H3,(H2,27,28,31). The zero-order valence-electron chi connectivity index (χ0n) is 17.5. The third-order valence-corrected chi connectivity index (χ3v) is 5.59. The molecule has 2 aromatic carbocycles. The number of halogens is 3. The van der Waals surface area contributed by atoms with E-state index in [9.17, 15) is 18.4 Å². The molecule has 168 valence electrons. The fourth-order valence-corrected chi connectivity index (χ4v) is 3.47. The molecule has 0 saturated carbocycles. The van der Waals surface area contributed by atoms with Crippen LogP contribution in [-0.4, -0.2) is 17.6 Å². The number of aryl methyl sites for hydroxylation is 1. The number of nitrogens with one attached hydrogen (secondary N) is 2. The van der Waals surface area contributed by atoms with Gasteiger partial charge in [0.05, 0.1) is 6.54 Å². The lowest BCUT2D eigenvalue weighted by molar-refractivity contribution is 0.242. The van der Waals surface area contributed by atoms with Crippen LogP contribution in [0.4, 0.5) is 13.6 Å². The van der Waals surface area contributed by atoms with E-state index in [0.29, 0.717) is 18.8 Å². The number of rotatable bonds is 7. The van der Waals surface area contributed by atoms with Gasteiger partial charge in [-0.25, -0.2) is 13.6 Å². The molecule has 0 aliphatic heterocycles. The Hall–Kier alpha value is -3.20. The largest absolute Gasteiger partial charge is 0.487 e. The fraction of sp³-hybridized carbons (Fsp3) is 0.217. The predicted octanol–water partition coefficient (Wildman–Crippen LogP) is 4.25. The first-order valence-electron chi connectivity index (χ1n) is 9.78. The summed E-state index contributed by atoms with van der Waals surface area (Å²) in [4.78, 5) is 24.1. The van der Waals surface area contributed by atoms with Gasteiger partial charge in [-0.05, 0) is 46.1 Å². The first kappa shape index (κ1) is 23.5. The minimum absolute atomic E-state index is 0.140. The predicted molar refractivity (Wildman–Crippen MR) is 121 cm³/mol. The maximum absolute atomic E-state index is 13.8. The van der Waals surface area contributed by atoms with Gasteiger partial charge in [-0.2, -0.15) is 0 Å². The second kappa shape index (κ2) is 10.4. The summed E-state index contributed by atoms with van der Waals surface area (Å²) >= 11 is 3.28. The lowest BCUT2D eigenvalue weighted by Gasteiger charge is -2.15. The summed E-state index contributed by atoms with van der Waals surface area (Å²) in [5, 5.41) is 5.20. The number of pyridine rings is 1. The molecular weight excluding hydrogens is 484 g/mol. The van der Waals surface area contributed by atoms with Crippen LogP contribution in [0.15, 0.2) is 57.8 Å². The third-order valence-electron chi connectivity index (χ3n) is 4.86. The average molecular weight is 506 g/mol. The molecule has 0 bridgehead atoms. The molecule has 32 heavy (non-hydrogen) atoms. The summed E-state index contributed by atoms with van der Waals surface area (Å²) in [7, 11) is 1.55. The van der Waals surface area contributed by atoms with Crippen LogP contribution in [0.2, 0.25) is 0 Å². The fourth-order valence-electron chi connectivity index (χ4n) is 3.03. The second-order valence-electron chi connectivity index (χ2n) is 7.13. The minimum Gasteiger partial charge on any atom is -0.487 e. The Balaban J connectivity index is 1.72. The van der Waals surface area contributed by atoms with Crippen LogP contribution in [-0.2, 0) is 19.7 Å². The molecule has 9 heteroatoms. The van der Waals surface area contributed by atoms with Crippen molar-refractivity contribution in [1.82, 2.24) is 15.2 Å². The van der Waals surface area contributed by atoms with Crippen molar-refractivity contribution in [2.45, 2.75) is 26.6 Å². The van der Waals surface area contributed by atoms with Gasteiger partial charge in [0.25, 0.3) is 5.56 Å². The smallest absolute Gasteiger partial charge is 0.314 e. The third kappa shape index (κ3) is 5.73. The van der Waals surface area contributed by atoms with Gasteiger partial charge in [-0.3, -0.25) is 4.79 Å². The normalized spacial score (nSPS) is 10.7. The monoisotopic (exact) mass is 505 g/mol. The molecule has 0 fully saturated rings. The number of aromatic nitrogens is 1. The Morgan fingerprint density at radius 1 is 1.09 bits per heavy atom. The number of hydrogen-bond acceptors (Lipinski definition) is 3. The molecule has 0 radical (unpaired) electrons. The summed E-state index contributed by atoms with van der Waals surface area (Å²) in [6.07, 6.45) is 0. The summed E-state index contributed by atoms with van der Waals surface area (Å²) in [6.45, 7) is 2.38. The summed E-state index contributed by atoms with van der Waals surface area (Å²) in [5.41, 5.74) is 2.40. The van der Waals surface area contributed by atoms with Crippen LogP contribution in [0.25, 0.3) is 0 Å². The molecule has 0 unspecified atom stereocenters. The molecule has 3 rings (SSSR count). The molecule has 2 N–H and O–H groups in total. The van der Waals surface area contributed by atoms with E-state index in [-0.39, 0.29) is 34.0 Å². The molecule has 0 aliphatic rings. The average Bonchev–Trinajstić information content (AvgIpc) is 2.78. The van der Waals surface area contributed by atoms with Crippen molar-refractivity contribution >= 4 is 22.0 Å². The second-order valence-corrected chi connectivity index (χ2v) is 7.92. The van der Waals surface area contributed by atoms with E-state index in [0.717, 1.165) is 23.3 Å². The van der Waals surface area contributed by atoms with Crippen LogP contribution < -0.4 is 20.9 Å². The van der Waals surface area contributed by atoms with Crippen molar-refractivity contribution in [2.75, 3.05) is 7.05 Å². The van der Waals surface area contributed by atoms with Gasteiger partial charge in [-0.1, -0.05) is 24.3 Å². The molecule has 0 atom stereocenters. The van der Waals surface area contributed by atoms with Crippen LogP contribution >= 0.6 is 15.9 Å². The molecule has 0 spiro atoms. The quantitative estimate of drug-likeness (QED) is 0.504. The Morgan fingerprint density at radius 3 is 2.44 bits per heavy atom. The van der Waals surface area contributed by atoms with Crippen LogP contribution in [0.3, 0.4) is 0 Å². The Kier molecular flexibility index (Phi) is 7.63. The lowest BCUT2D eigenvalue weighted by atomic mass is 10.1. The molecule has 0 aliphatic carbocycles. The number of carbonyl (C=O) groups excluding carboxylic acids is 1. The number of urea groups is 1. The van der Waals surface area contributed by atoms with E-state index in [4.69, 9.17) is 4.74 Å². The van der Waals surface area contributed by atoms with Crippen LogP contribution in [0, 0.1) is 18.6 Å². The molecule has 1 heterocycles. The molecule has 3 aromatic rings. The van der Waals surface area contributed by atoms with Crippen molar-refractivity contribution in [3.63, 3.8) is 0 Å². The summed E-state index contributed by atoms with van der Waals surface area (Å²) in [5.74, 6) is -1.09. The zero-order valence-corrected chi connectivity index (χ0v) is 19.1. The number of amides is 2. The minimum atomic E-state index is -0.708. The van der Waals surface area contributed by atoms with Gasteiger partial charge in [0.2, 0.25) is 0 Å². The van der Waals surface area contributed by atoms with E-state index < -0.39 is 11.6 Å². The highest BCUT2D eigenvalue weighted by atomic mass is 79.9. The number of nitrogens with zero attached hydrogens (tertiary/aromatic N) is 1. The van der Waals surface area contributed by atoms with Gasteiger partial charge in [0.15, 0.2) is 0 Å². The topological polar surface area (TPSA) is 72.4 Å². The van der Waals surface area contributed by atoms with Gasteiger partial charge in [0, 0.05) is 37.0 Å².